The molecule has 0 aliphatic rings. The van der Waals surface area contributed by atoms with Gasteiger partial charge in [0.15, 0.2) is 0 Å². The molecule has 2 aromatic rings. The zero-order chi connectivity index (χ0) is 13.3. The molecule has 0 amide bonds. The maximum Gasteiger partial charge on any atom is 0.265 e. The molecule has 18 heavy (non-hydrogen) atoms. The van der Waals surface area contributed by atoms with Gasteiger partial charge in [-0.15, -0.1) is 0 Å². The van der Waals surface area contributed by atoms with Crippen LogP contribution < -0.4 is 11.3 Å². The number of hydrogen-bond donors (Lipinski definition) is 1. The van der Waals surface area contributed by atoms with E-state index in [0.717, 1.165) is 11.4 Å². The van der Waals surface area contributed by atoms with Gasteiger partial charge in [0.25, 0.3) is 5.56 Å². The first-order chi connectivity index (χ1) is 8.54. The van der Waals surface area contributed by atoms with E-state index in [4.69, 9.17) is 5.73 Å². The molecule has 0 spiro atoms. The summed E-state index contributed by atoms with van der Waals surface area (Å²) in [6, 6.07) is 0. The number of aromatic nitrogens is 4. The van der Waals surface area contributed by atoms with Gasteiger partial charge in [-0.3, -0.25) is 4.79 Å². The maximum atomic E-state index is 12.1. The molecule has 2 heterocycles. The van der Waals surface area contributed by atoms with Crippen molar-refractivity contribution in [1.29, 1.82) is 0 Å². The van der Waals surface area contributed by atoms with Crippen LogP contribution in [0.2, 0.25) is 0 Å². The molecule has 2 rings (SSSR count). The van der Waals surface area contributed by atoms with Gasteiger partial charge in [0.1, 0.15) is 12.2 Å². The van der Waals surface area contributed by atoms with Crippen molar-refractivity contribution in [2.45, 2.75) is 26.9 Å². The Hall–Kier alpha value is -1.63. The van der Waals surface area contributed by atoms with Crippen molar-refractivity contribution in [2.24, 2.45) is 0 Å². The number of nitrogens with two attached hydrogens (primary N) is 1. The third-order valence-corrected chi connectivity index (χ3v) is 3.75. The summed E-state index contributed by atoms with van der Waals surface area (Å²) >= 11 is 3.26. The fourth-order valence-corrected chi connectivity index (χ4v) is 2.14. The molecule has 0 radical (unpaired) electrons. The highest BCUT2D eigenvalue weighted by Crippen LogP contribution is 2.17. The van der Waals surface area contributed by atoms with Crippen LogP contribution in [0.25, 0.3) is 0 Å². The Bertz CT molecular complexity index is 631. The molecule has 96 valence electrons. The Kier molecular flexibility index (Phi) is 3.51. The normalized spacial score (nSPS) is 10.8. The quantitative estimate of drug-likeness (QED) is 0.922. The minimum absolute atomic E-state index is 0.118. The van der Waals surface area contributed by atoms with Crippen LogP contribution >= 0.6 is 15.9 Å². The Morgan fingerprint density at radius 3 is 2.89 bits per heavy atom. The summed E-state index contributed by atoms with van der Waals surface area (Å²) in [5, 5.41) is 4.07. The van der Waals surface area contributed by atoms with E-state index in [1.165, 1.54) is 10.9 Å². The van der Waals surface area contributed by atoms with Gasteiger partial charge in [0, 0.05) is 12.7 Å². The first kappa shape index (κ1) is 12.8. The van der Waals surface area contributed by atoms with E-state index >= 15 is 0 Å². The van der Waals surface area contributed by atoms with Crippen molar-refractivity contribution < 1.29 is 0 Å². The van der Waals surface area contributed by atoms with E-state index < -0.39 is 0 Å². The van der Waals surface area contributed by atoms with Crippen LogP contribution in [0.1, 0.15) is 18.3 Å². The second kappa shape index (κ2) is 4.93. The fraction of sp³-hybridized carbons (Fsp3) is 0.364. The number of aryl methyl sites for hydroxylation is 1. The molecule has 6 nitrogen and oxygen atoms in total. The van der Waals surface area contributed by atoms with Crippen molar-refractivity contribution >= 4 is 21.6 Å². The molecule has 0 saturated heterocycles. The van der Waals surface area contributed by atoms with Crippen molar-refractivity contribution in [3.63, 3.8) is 0 Å². The summed E-state index contributed by atoms with van der Waals surface area (Å²) in [5.74, 6) is 0.731. The predicted molar refractivity (Wildman–Crippen MR) is 72.3 cm³/mol. The van der Waals surface area contributed by atoms with Crippen LogP contribution in [0.4, 0.5) is 5.69 Å². The number of nitrogen functional groups attached to an aromatic ring is 1. The molecule has 0 aromatic carbocycles. The zero-order valence-corrected chi connectivity index (χ0v) is 11.8. The summed E-state index contributed by atoms with van der Waals surface area (Å²) in [6.45, 7) is 4.85. The SMILES string of the molecule is CCn1ncnc1Cn1cc(N)c(C)c(Br)c1=O. The van der Waals surface area contributed by atoms with Gasteiger partial charge >= 0.3 is 0 Å². The second-order valence-electron chi connectivity index (χ2n) is 3.95. The maximum absolute atomic E-state index is 12.1. The molecule has 7 heteroatoms. The Morgan fingerprint density at radius 1 is 1.50 bits per heavy atom. The molecule has 0 fully saturated rings. The largest absolute Gasteiger partial charge is 0.397 e. The lowest BCUT2D eigenvalue weighted by Crippen LogP contribution is -2.24. The monoisotopic (exact) mass is 311 g/mol. The standard InChI is InChI=1S/C11H14BrN5O/c1-3-17-9(14-6-15-17)5-16-4-8(13)7(2)10(12)11(16)18/h4,6H,3,5,13H2,1-2H3. The van der Waals surface area contributed by atoms with E-state index in [-0.39, 0.29) is 5.56 Å². The van der Waals surface area contributed by atoms with Crippen molar-refractivity contribution in [3.8, 4) is 0 Å². The van der Waals surface area contributed by atoms with Crippen LogP contribution in [0.15, 0.2) is 21.8 Å². The average Bonchev–Trinajstić information content (AvgIpc) is 2.80. The molecular weight excluding hydrogens is 298 g/mol. The van der Waals surface area contributed by atoms with Crippen molar-refractivity contribution in [2.75, 3.05) is 5.73 Å². The van der Waals surface area contributed by atoms with Crippen molar-refractivity contribution in [3.05, 3.63) is 38.7 Å². The van der Waals surface area contributed by atoms with Gasteiger partial charge in [-0.2, -0.15) is 5.10 Å². The molecular formula is C11H14BrN5O. The Morgan fingerprint density at radius 2 is 2.22 bits per heavy atom. The summed E-state index contributed by atoms with van der Waals surface area (Å²) in [7, 11) is 0. The molecule has 0 aliphatic heterocycles. The molecule has 2 aromatic heterocycles. The van der Waals surface area contributed by atoms with Gasteiger partial charge in [-0.05, 0) is 35.3 Å². The number of hydrogen-bond acceptors (Lipinski definition) is 4. The highest BCUT2D eigenvalue weighted by atomic mass is 79.9. The zero-order valence-electron chi connectivity index (χ0n) is 10.2. The van der Waals surface area contributed by atoms with E-state index in [9.17, 15) is 4.79 Å². The summed E-state index contributed by atoms with van der Waals surface area (Å²) < 4.78 is 3.77. The topological polar surface area (TPSA) is 78.7 Å². The van der Waals surface area contributed by atoms with Crippen molar-refractivity contribution in [1.82, 2.24) is 19.3 Å². The van der Waals surface area contributed by atoms with Crippen LogP contribution in [-0.2, 0) is 13.1 Å². The van der Waals surface area contributed by atoms with Gasteiger partial charge in [0.2, 0.25) is 0 Å². The minimum atomic E-state index is -0.118. The third-order valence-electron chi connectivity index (χ3n) is 2.81. The third kappa shape index (κ3) is 2.17. The van der Waals surface area contributed by atoms with Gasteiger partial charge in [-0.1, -0.05) is 0 Å². The van der Waals surface area contributed by atoms with Gasteiger partial charge in [0.05, 0.1) is 16.7 Å². The lowest BCUT2D eigenvalue weighted by atomic mass is 10.2. The molecule has 0 atom stereocenters. The molecule has 0 aliphatic carbocycles. The number of rotatable bonds is 3. The first-order valence-corrected chi connectivity index (χ1v) is 6.35. The molecule has 0 saturated carbocycles. The number of pyridine rings is 1. The van der Waals surface area contributed by atoms with Crippen LogP contribution in [-0.4, -0.2) is 19.3 Å². The van der Waals surface area contributed by atoms with E-state index in [1.807, 2.05) is 6.92 Å². The minimum Gasteiger partial charge on any atom is -0.397 e. The number of halogens is 1. The Balaban J connectivity index is 2.45. The van der Waals surface area contributed by atoms with Crippen LogP contribution in [0, 0.1) is 6.92 Å². The lowest BCUT2D eigenvalue weighted by Gasteiger charge is -2.10. The average molecular weight is 312 g/mol. The number of anilines is 1. The summed E-state index contributed by atoms with van der Waals surface area (Å²) in [4.78, 5) is 16.2. The predicted octanol–water partition coefficient (Wildman–Crippen LogP) is 1.16. The highest BCUT2D eigenvalue weighted by molar-refractivity contribution is 9.10. The van der Waals surface area contributed by atoms with Crippen LogP contribution in [0.3, 0.4) is 0 Å². The highest BCUT2D eigenvalue weighted by Gasteiger charge is 2.11. The summed E-state index contributed by atoms with van der Waals surface area (Å²) in [6.07, 6.45) is 3.12. The first-order valence-electron chi connectivity index (χ1n) is 5.56. The Labute approximate surface area is 113 Å². The fourth-order valence-electron chi connectivity index (χ4n) is 1.68. The van der Waals surface area contributed by atoms with Crippen LogP contribution in [0.5, 0.6) is 0 Å². The van der Waals surface area contributed by atoms with E-state index in [0.29, 0.717) is 23.2 Å². The van der Waals surface area contributed by atoms with E-state index in [2.05, 4.69) is 26.0 Å². The number of nitrogens with zero attached hydrogens (tertiary/aromatic N) is 4. The molecule has 0 unspecified atom stereocenters. The smallest absolute Gasteiger partial charge is 0.265 e. The van der Waals surface area contributed by atoms with Gasteiger partial charge in [-0.25, -0.2) is 9.67 Å². The molecule has 2 N–H and O–H groups in total. The molecule has 0 bridgehead atoms. The van der Waals surface area contributed by atoms with Gasteiger partial charge < -0.3 is 10.3 Å². The lowest BCUT2D eigenvalue weighted by molar-refractivity contribution is 0.585. The second-order valence-corrected chi connectivity index (χ2v) is 4.74. The van der Waals surface area contributed by atoms with E-state index in [1.54, 1.807) is 17.8 Å². The summed E-state index contributed by atoms with van der Waals surface area (Å²) in [5.41, 5.74) is 7.07.